The SMILES string of the molecule is CC(C)Oc1ccc(S(=O)(=O)Nc2cc(Cl)cnc2C(=O)c2cccc(F)c2)cn1. The highest BCUT2D eigenvalue weighted by atomic mass is 35.5. The second-order valence-corrected chi connectivity index (χ2v) is 8.61. The Hall–Kier alpha value is -3.04. The quantitative estimate of drug-likeness (QED) is 0.545. The summed E-state index contributed by atoms with van der Waals surface area (Å²) in [6.07, 6.45) is 2.21. The van der Waals surface area contributed by atoms with E-state index < -0.39 is 21.6 Å². The number of pyridine rings is 2. The average Bonchev–Trinajstić information content (AvgIpc) is 2.67. The largest absolute Gasteiger partial charge is 0.475 e. The van der Waals surface area contributed by atoms with Crippen molar-refractivity contribution in [3.8, 4) is 5.88 Å². The first kappa shape index (κ1) is 21.7. The highest BCUT2D eigenvalue weighted by Crippen LogP contribution is 2.25. The van der Waals surface area contributed by atoms with E-state index in [0.717, 1.165) is 12.3 Å². The minimum Gasteiger partial charge on any atom is -0.475 e. The maximum Gasteiger partial charge on any atom is 0.263 e. The number of rotatable bonds is 7. The normalized spacial score (nSPS) is 11.4. The Labute approximate surface area is 177 Å². The number of hydrogen-bond donors (Lipinski definition) is 1. The van der Waals surface area contributed by atoms with Gasteiger partial charge in [-0.15, -0.1) is 0 Å². The number of benzene rings is 1. The van der Waals surface area contributed by atoms with Crippen molar-refractivity contribution in [3.63, 3.8) is 0 Å². The summed E-state index contributed by atoms with van der Waals surface area (Å²) in [5.74, 6) is -0.996. The van der Waals surface area contributed by atoms with Gasteiger partial charge >= 0.3 is 0 Å². The van der Waals surface area contributed by atoms with Crippen LogP contribution in [0.5, 0.6) is 5.88 Å². The molecule has 0 saturated heterocycles. The van der Waals surface area contributed by atoms with Crippen molar-refractivity contribution in [2.75, 3.05) is 4.72 Å². The van der Waals surface area contributed by atoms with Gasteiger partial charge in [0, 0.05) is 17.8 Å². The number of hydrogen-bond acceptors (Lipinski definition) is 6. The van der Waals surface area contributed by atoms with E-state index in [4.69, 9.17) is 16.3 Å². The molecule has 0 amide bonds. The molecule has 0 aliphatic heterocycles. The molecule has 0 aliphatic rings. The summed E-state index contributed by atoms with van der Waals surface area (Å²) in [7, 11) is -4.11. The molecule has 3 rings (SSSR count). The molecule has 0 aliphatic carbocycles. The number of carbonyl (C=O) groups is 1. The van der Waals surface area contributed by atoms with Crippen LogP contribution in [-0.4, -0.2) is 30.3 Å². The Kier molecular flexibility index (Phi) is 6.33. The van der Waals surface area contributed by atoms with Gasteiger partial charge in [0.15, 0.2) is 0 Å². The molecule has 0 atom stereocenters. The lowest BCUT2D eigenvalue weighted by Gasteiger charge is -2.13. The fourth-order valence-corrected chi connectivity index (χ4v) is 3.66. The summed E-state index contributed by atoms with van der Waals surface area (Å²) in [6, 6.07) is 8.99. The van der Waals surface area contributed by atoms with Crippen molar-refractivity contribution in [2.45, 2.75) is 24.8 Å². The maximum atomic E-state index is 13.5. The van der Waals surface area contributed by atoms with Crippen LogP contribution in [0.3, 0.4) is 0 Å². The van der Waals surface area contributed by atoms with Gasteiger partial charge in [0.25, 0.3) is 10.0 Å². The van der Waals surface area contributed by atoms with Gasteiger partial charge in [0.05, 0.1) is 23.0 Å². The van der Waals surface area contributed by atoms with Gasteiger partial charge < -0.3 is 4.74 Å². The molecule has 0 radical (unpaired) electrons. The summed E-state index contributed by atoms with van der Waals surface area (Å²) >= 11 is 5.94. The van der Waals surface area contributed by atoms with Crippen molar-refractivity contribution >= 4 is 33.1 Å². The monoisotopic (exact) mass is 449 g/mol. The molecule has 3 aromatic rings. The predicted molar refractivity (Wildman–Crippen MR) is 110 cm³/mol. The lowest BCUT2D eigenvalue weighted by molar-refractivity contribution is 0.103. The molecule has 0 spiro atoms. The van der Waals surface area contributed by atoms with Crippen LogP contribution in [0.15, 0.2) is 59.8 Å². The maximum absolute atomic E-state index is 13.5. The van der Waals surface area contributed by atoms with Gasteiger partial charge in [0.2, 0.25) is 11.7 Å². The van der Waals surface area contributed by atoms with Crippen molar-refractivity contribution in [3.05, 3.63) is 77.0 Å². The summed E-state index contributed by atoms with van der Waals surface area (Å²) < 4.78 is 46.7. The van der Waals surface area contributed by atoms with Gasteiger partial charge in [-0.25, -0.2) is 22.8 Å². The van der Waals surface area contributed by atoms with Crippen LogP contribution in [0.2, 0.25) is 5.02 Å². The van der Waals surface area contributed by atoms with E-state index >= 15 is 0 Å². The first-order valence-electron chi connectivity index (χ1n) is 8.77. The number of nitrogens with one attached hydrogen (secondary N) is 1. The number of carbonyl (C=O) groups excluding carboxylic acids is 1. The molecule has 2 heterocycles. The number of halogens is 2. The Bertz CT molecular complexity index is 1180. The third-order valence-corrected chi connectivity index (χ3v) is 5.33. The molecule has 1 aromatic carbocycles. The molecule has 0 fully saturated rings. The standard InChI is InChI=1S/C20H17ClFN3O4S/c1-12(2)29-18-7-6-16(11-23-18)30(27,28)25-17-9-14(21)10-24-19(17)20(26)13-4-3-5-15(22)8-13/h3-12,25H,1-2H3. The number of anilines is 1. The van der Waals surface area contributed by atoms with Gasteiger partial charge in [-0.05, 0) is 38.1 Å². The van der Waals surface area contributed by atoms with E-state index in [1.165, 1.54) is 42.6 Å². The number of ketones is 1. The van der Waals surface area contributed by atoms with Crippen LogP contribution in [0.1, 0.15) is 29.9 Å². The second-order valence-electron chi connectivity index (χ2n) is 6.49. The molecular weight excluding hydrogens is 433 g/mol. The third-order valence-electron chi connectivity index (χ3n) is 3.78. The summed E-state index contributed by atoms with van der Waals surface area (Å²) in [5, 5.41) is 0.113. The molecule has 0 unspecified atom stereocenters. The molecule has 7 nitrogen and oxygen atoms in total. The molecular formula is C20H17ClFN3O4S. The van der Waals surface area contributed by atoms with Crippen molar-refractivity contribution in [2.24, 2.45) is 0 Å². The molecule has 0 saturated carbocycles. The zero-order valence-electron chi connectivity index (χ0n) is 16.0. The number of sulfonamides is 1. The zero-order valence-corrected chi connectivity index (χ0v) is 17.5. The molecule has 156 valence electrons. The predicted octanol–water partition coefficient (Wildman–Crippen LogP) is 4.09. The first-order chi connectivity index (χ1) is 14.2. The third kappa shape index (κ3) is 5.11. The highest BCUT2D eigenvalue weighted by molar-refractivity contribution is 7.92. The van der Waals surface area contributed by atoms with E-state index in [1.54, 1.807) is 0 Å². The van der Waals surface area contributed by atoms with Gasteiger partial charge in [-0.1, -0.05) is 23.7 Å². The summed E-state index contributed by atoms with van der Waals surface area (Å²) in [5.41, 5.74) is -0.345. The second kappa shape index (κ2) is 8.76. The van der Waals surface area contributed by atoms with E-state index in [0.29, 0.717) is 0 Å². The number of ether oxygens (including phenoxy) is 1. The van der Waals surface area contributed by atoms with Crippen LogP contribution < -0.4 is 9.46 Å². The minimum absolute atomic E-state index is 0.0159. The van der Waals surface area contributed by atoms with Crippen LogP contribution in [0.25, 0.3) is 0 Å². The first-order valence-corrected chi connectivity index (χ1v) is 10.6. The molecule has 2 aromatic heterocycles. The van der Waals surface area contributed by atoms with Crippen molar-refractivity contribution < 1.29 is 22.3 Å². The Morgan fingerprint density at radius 3 is 2.53 bits per heavy atom. The van der Waals surface area contributed by atoms with E-state index in [2.05, 4.69) is 14.7 Å². The van der Waals surface area contributed by atoms with E-state index in [-0.39, 0.29) is 38.8 Å². The van der Waals surface area contributed by atoms with Crippen LogP contribution in [0.4, 0.5) is 10.1 Å². The van der Waals surface area contributed by atoms with E-state index in [9.17, 15) is 17.6 Å². The molecule has 0 bridgehead atoms. The topological polar surface area (TPSA) is 98.3 Å². The Morgan fingerprint density at radius 1 is 1.13 bits per heavy atom. The molecule has 1 N–H and O–H groups in total. The van der Waals surface area contributed by atoms with Gasteiger partial charge in [0.1, 0.15) is 16.4 Å². The Morgan fingerprint density at radius 2 is 1.90 bits per heavy atom. The highest BCUT2D eigenvalue weighted by Gasteiger charge is 2.22. The number of nitrogens with zero attached hydrogens (tertiary/aromatic N) is 2. The van der Waals surface area contributed by atoms with E-state index in [1.807, 2.05) is 13.8 Å². The van der Waals surface area contributed by atoms with Crippen molar-refractivity contribution in [1.82, 2.24) is 9.97 Å². The zero-order chi connectivity index (χ0) is 21.9. The summed E-state index contributed by atoms with van der Waals surface area (Å²) in [4.78, 5) is 20.5. The fraction of sp³-hybridized carbons (Fsp3) is 0.150. The fourth-order valence-electron chi connectivity index (χ4n) is 2.51. The average molecular weight is 450 g/mol. The van der Waals surface area contributed by atoms with Crippen LogP contribution in [0, 0.1) is 5.82 Å². The van der Waals surface area contributed by atoms with Gasteiger partial charge in [-0.2, -0.15) is 0 Å². The van der Waals surface area contributed by atoms with Crippen LogP contribution >= 0.6 is 11.6 Å². The lowest BCUT2D eigenvalue weighted by Crippen LogP contribution is -2.17. The lowest BCUT2D eigenvalue weighted by atomic mass is 10.1. The van der Waals surface area contributed by atoms with Gasteiger partial charge in [-0.3, -0.25) is 9.52 Å². The number of aromatic nitrogens is 2. The molecule has 30 heavy (non-hydrogen) atoms. The minimum atomic E-state index is -4.11. The Balaban J connectivity index is 1.94. The molecule has 10 heteroatoms. The smallest absolute Gasteiger partial charge is 0.263 e. The summed E-state index contributed by atoms with van der Waals surface area (Å²) in [6.45, 7) is 3.63. The van der Waals surface area contributed by atoms with Crippen LogP contribution in [-0.2, 0) is 10.0 Å². The van der Waals surface area contributed by atoms with Crippen molar-refractivity contribution in [1.29, 1.82) is 0 Å².